The summed E-state index contributed by atoms with van der Waals surface area (Å²) in [5.74, 6) is 0.348. The van der Waals surface area contributed by atoms with Crippen molar-refractivity contribution in [3.63, 3.8) is 0 Å². The Morgan fingerprint density at radius 3 is 2.55 bits per heavy atom. The number of hydrogen-bond donors (Lipinski definition) is 1. The number of halogens is 1. The van der Waals surface area contributed by atoms with Crippen molar-refractivity contribution in [1.29, 1.82) is 0 Å². The molecule has 2 aromatic heterocycles. The van der Waals surface area contributed by atoms with Crippen molar-refractivity contribution in [2.75, 3.05) is 31.1 Å². The van der Waals surface area contributed by atoms with Crippen LogP contribution < -0.4 is 4.90 Å². The SMILES string of the molecule is O=C(c1cccc2c1CC[C@@H]2n1cc2cccc(Cl)c2c1O)N1CCC2(CCN(c3ccncc3)CC2)C1. The number of piperidine rings is 1. The number of pyridine rings is 1. The van der Waals surface area contributed by atoms with E-state index >= 15 is 0 Å². The lowest BCUT2D eigenvalue weighted by molar-refractivity contribution is 0.0763. The van der Waals surface area contributed by atoms with Crippen LogP contribution in [0.4, 0.5) is 5.69 Å². The number of amides is 1. The van der Waals surface area contributed by atoms with Crippen LogP contribution in [0.15, 0.2) is 67.1 Å². The molecule has 1 N–H and O–H groups in total. The quantitative estimate of drug-likeness (QED) is 0.352. The molecule has 0 bridgehead atoms. The highest BCUT2D eigenvalue weighted by atomic mass is 35.5. The molecule has 6 nitrogen and oxygen atoms in total. The summed E-state index contributed by atoms with van der Waals surface area (Å²) < 4.78 is 1.93. The van der Waals surface area contributed by atoms with Crippen LogP contribution in [0.1, 0.15) is 53.2 Å². The molecule has 194 valence electrons. The van der Waals surface area contributed by atoms with Crippen LogP contribution in [0.3, 0.4) is 0 Å². The van der Waals surface area contributed by atoms with Gasteiger partial charge in [-0.3, -0.25) is 9.78 Å². The molecule has 0 unspecified atom stereocenters. The molecule has 1 spiro atoms. The fourth-order valence-corrected chi connectivity index (χ4v) is 7.33. The molecule has 7 rings (SSSR count). The molecular weight excluding hydrogens is 496 g/mol. The molecule has 38 heavy (non-hydrogen) atoms. The molecule has 0 radical (unpaired) electrons. The lowest BCUT2D eigenvalue weighted by atomic mass is 9.77. The van der Waals surface area contributed by atoms with Gasteiger partial charge in [0, 0.05) is 61.4 Å². The van der Waals surface area contributed by atoms with Gasteiger partial charge in [0.15, 0.2) is 0 Å². The fourth-order valence-electron chi connectivity index (χ4n) is 7.06. The van der Waals surface area contributed by atoms with E-state index in [0.29, 0.717) is 10.4 Å². The average molecular weight is 527 g/mol. The number of nitrogens with zero attached hydrogens (tertiary/aromatic N) is 4. The van der Waals surface area contributed by atoms with E-state index in [0.717, 1.165) is 80.4 Å². The zero-order chi connectivity index (χ0) is 25.9. The predicted octanol–water partition coefficient (Wildman–Crippen LogP) is 6.06. The van der Waals surface area contributed by atoms with Gasteiger partial charge in [-0.05, 0) is 72.9 Å². The van der Waals surface area contributed by atoms with Gasteiger partial charge < -0.3 is 19.5 Å². The second kappa shape index (κ2) is 9.05. The molecule has 3 aliphatic rings. The Morgan fingerprint density at radius 1 is 1.00 bits per heavy atom. The summed E-state index contributed by atoms with van der Waals surface area (Å²) >= 11 is 6.39. The van der Waals surface area contributed by atoms with Crippen LogP contribution >= 0.6 is 11.6 Å². The zero-order valence-electron chi connectivity index (χ0n) is 21.3. The van der Waals surface area contributed by atoms with Crippen molar-refractivity contribution in [2.24, 2.45) is 5.41 Å². The number of benzene rings is 2. The minimum atomic E-state index is -0.0105. The lowest BCUT2D eigenvalue weighted by Gasteiger charge is -2.40. The van der Waals surface area contributed by atoms with Crippen molar-refractivity contribution < 1.29 is 9.90 Å². The lowest BCUT2D eigenvalue weighted by Crippen LogP contribution is -2.42. The maximum Gasteiger partial charge on any atom is 0.254 e. The average Bonchev–Trinajstić information content (AvgIpc) is 3.65. The van der Waals surface area contributed by atoms with Crippen molar-refractivity contribution in [1.82, 2.24) is 14.5 Å². The van der Waals surface area contributed by atoms with Crippen molar-refractivity contribution in [3.8, 4) is 5.88 Å². The standard InChI is InChI=1S/C31H31ClN4O2/c32-26-6-1-3-21-19-36(30(38)28(21)26)27-8-7-23-24(27)4-2-5-25(23)29(37)35-18-13-31(20-35)11-16-34(17-12-31)22-9-14-33-15-10-22/h1-6,9-10,14-15,19,27,38H,7-8,11-13,16-18,20H2/t27-/m0/s1. The highest BCUT2D eigenvalue weighted by molar-refractivity contribution is 6.36. The highest BCUT2D eigenvalue weighted by Gasteiger charge is 2.43. The third-order valence-corrected chi connectivity index (χ3v) is 9.49. The van der Waals surface area contributed by atoms with Crippen molar-refractivity contribution in [3.05, 3.63) is 88.8 Å². The van der Waals surface area contributed by atoms with Crippen LogP contribution in [0.25, 0.3) is 10.8 Å². The highest BCUT2D eigenvalue weighted by Crippen LogP contribution is 2.45. The second-order valence-electron chi connectivity index (χ2n) is 11.2. The molecule has 1 aliphatic carbocycles. The van der Waals surface area contributed by atoms with Gasteiger partial charge in [-0.15, -0.1) is 0 Å². The van der Waals surface area contributed by atoms with Crippen LogP contribution in [0, 0.1) is 5.41 Å². The number of likely N-dealkylation sites (tertiary alicyclic amines) is 1. The molecule has 2 fully saturated rings. The molecule has 2 aliphatic heterocycles. The van der Waals surface area contributed by atoms with E-state index < -0.39 is 0 Å². The maximum atomic E-state index is 13.8. The Balaban J connectivity index is 1.10. The molecule has 2 saturated heterocycles. The third kappa shape index (κ3) is 3.77. The Labute approximate surface area is 227 Å². The summed E-state index contributed by atoms with van der Waals surface area (Å²) in [6.45, 7) is 3.70. The minimum Gasteiger partial charge on any atom is -0.494 e. The van der Waals surface area contributed by atoms with Gasteiger partial charge in [-0.1, -0.05) is 35.9 Å². The van der Waals surface area contributed by atoms with Crippen LogP contribution in [-0.2, 0) is 6.42 Å². The van der Waals surface area contributed by atoms with Crippen LogP contribution in [-0.4, -0.2) is 51.6 Å². The zero-order valence-corrected chi connectivity index (χ0v) is 22.1. The Kier molecular flexibility index (Phi) is 5.62. The number of aromatic nitrogens is 2. The van der Waals surface area contributed by atoms with Gasteiger partial charge in [0.25, 0.3) is 5.91 Å². The maximum absolute atomic E-state index is 13.8. The number of hydrogen-bond acceptors (Lipinski definition) is 4. The van der Waals surface area contributed by atoms with E-state index in [1.54, 1.807) is 6.07 Å². The number of carbonyl (C=O) groups excluding carboxylic acids is 1. The number of aromatic hydroxyl groups is 1. The molecule has 4 aromatic rings. The Morgan fingerprint density at radius 2 is 1.76 bits per heavy atom. The molecule has 0 saturated carbocycles. The van der Waals surface area contributed by atoms with Gasteiger partial charge in [0.2, 0.25) is 5.88 Å². The number of carbonyl (C=O) groups is 1. The summed E-state index contributed by atoms with van der Waals surface area (Å²) in [5.41, 5.74) is 4.53. The fraction of sp³-hybridized carbons (Fsp3) is 0.355. The van der Waals surface area contributed by atoms with Crippen molar-refractivity contribution in [2.45, 2.75) is 38.1 Å². The first-order valence-electron chi connectivity index (χ1n) is 13.6. The Bertz CT molecular complexity index is 1520. The predicted molar refractivity (Wildman–Crippen MR) is 150 cm³/mol. The first kappa shape index (κ1) is 23.6. The van der Waals surface area contributed by atoms with Gasteiger partial charge in [0.1, 0.15) is 0 Å². The van der Waals surface area contributed by atoms with E-state index in [-0.39, 0.29) is 23.2 Å². The molecular formula is C31H31ClN4O2. The number of rotatable bonds is 3. The van der Waals surface area contributed by atoms with Gasteiger partial charge in [-0.25, -0.2) is 0 Å². The largest absolute Gasteiger partial charge is 0.494 e. The number of fused-ring (bicyclic) bond motifs is 2. The second-order valence-corrected chi connectivity index (χ2v) is 11.6. The third-order valence-electron chi connectivity index (χ3n) is 9.17. The normalized spacial score (nSPS) is 20.4. The first-order chi connectivity index (χ1) is 18.5. The molecule has 2 aromatic carbocycles. The van der Waals surface area contributed by atoms with Gasteiger partial charge in [0.05, 0.1) is 16.5 Å². The monoisotopic (exact) mass is 526 g/mol. The summed E-state index contributed by atoms with van der Waals surface area (Å²) in [6, 6.07) is 15.9. The molecule has 1 amide bonds. The van der Waals surface area contributed by atoms with Crippen LogP contribution in [0.2, 0.25) is 5.02 Å². The number of anilines is 1. The summed E-state index contributed by atoms with van der Waals surface area (Å²) in [6.07, 6.45) is 10.7. The van der Waals surface area contributed by atoms with Crippen LogP contribution in [0.5, 0.6) is 5.88 Å². The van der Waals surface area contributed by atoms with Crippen molar-refractivity contribution >= 4 is 34.0 Å². The van der Waals surface area contributed by atoms with E-state index in [2.05, 4.69) is 33.0 Å². The first-order valence-corrected chi connectivity index (χ1v) is 13.9. The minimum absolute atomic E-state index is 0.0105. The summed E-state index contributed by atoms with van der Waals surface area (Å²) in [7, 11) is 0. The van der Waals surface area contributed by atoms with E-state index in [1.165, 1.54) is 5.69 Å². The summed E-state index contributed by atoms with van der Waals surface area (Å²) in [4.78, 5) is 22.5. The molecule has 4 heterocycles. The van der Waals surface area contributed by atoms with E-state index in [4.69, 9.17) is 11.6 Å². The van der Waals surface area contributed by atoms with Gasteiger partial charge in [-0.2, -0.15) is 0 Å². The van der Waals surface area contributed by atoms with E-state index in [9.17, 15) is 9.90 Å². The summed E-state index contributed by atoms with van der Waals surface area (Å²) in [5, 5.41) is 13.2. The van der Waals surface area contributed by atoms with Gasteiger partial charge >= 0.3 is 0 Å². The van der Waals surface area contributed by atoms with E-state index in [1.807, 2.05) is 47.4 Å². The topological polar surface area (TPSA) is 61.6 Å². The smallest absolute Gasteiger partial charge is 0.254 e. The molecule has 1 atom stereocenters. The Hall–Kier alpha value is -3.51. The molecule has 7 heteroatoms.